The van der Waals surface area contributed by atoms with Gasteiger partial charge in [0.2, 0.25) is 0 Å². The summed E-state index contributed by atoms with van der Waals surface area (Å²) in [5.74, 6) is 0. The first-order chi connectivity index (χ1) is 10.2. The van der Waals surface area contributed by atoms with E-state index in [1.807, 2.05) is 60.3 Å². The van der Waals surface area contributed by atoms with Crippen molar-refractivity contribution >= 4 is 0 Å². The highest BCUT2D eigenvalue weighted by Gasteiger charge is 2.12. The van der Waals surface area contributed by atoms with Crippen LogP contribution in [0.25, 0.3) is 11.1 Å². The van der Waals surface area contributed by atoms with Gasteiger partial charge < -0.3 is 4.57 Å². The summed E-state index contributed by atoms with van der Waals surface area (Å²) >= 11 is 0. The largest absolute Gasteiger partial charge is 0.343 e. The van der Waals surface area contributed by atoms with Crippen LogP contribution in [0.3, 0.4) is 0 Å². The minimum atomic E-state index is 0.0244. The maximum absolute atomic E-state index is 12.2. The molecule has 2 nitrogen and oxygen atoms in total. The molecule has 0 bridgehead atoms. The van der Waals surface area contributed by atoms with Gasteiger partial charge in [0, 0.05) is 18.0 Å². The molecular formula is C19H17NO. The molecule has 0 aromatic heterocycles. The summed E-state index contributed by atoms with van der Waals surface area (Å²) in [4.78, 5) is 12.2. The van der Waals surface area contributed by atoms with Crippen molar-refractivity contribution in [2.24, 2.45) is 0 Å². The van der Waals surface area contributed by atoms with E-state index in [0.717, 1.165) is 22.3 Å². The van der Waals surface area contributed by atoms with Crippen LogP contribution >= 0.6 is 0 Å². The van der Waals surface area contributed by atoms with Crippen LogP contribution < -0.4 is 5.43 Å². The lowest BCUT2D eigenvalue weighted by Gasteiger charge is -2.19. The molecule has 0 N–H and O–H groups in total. The number of aryl methyl sites for hydroxylation is 1. The SMILES string of the molecule is C=CC(c1ccccc1)n1ccc2cc(C)cc(=O)c-2c1. The van der Waals surface area contributed by atoms with Crippen molar-refractivity contribution in [1.29, 1.82) is 0 Å². The standard InChI is InChI=1S/C19H17NO/c1-3-18(15-7-5-4-6-8-15)20-10-9-16-11-14(2)12-19(21)17(16)13-20/h3-13,18H,1H2,2H3. The zero-order chi connectivity index (χ0) is 14.8. The number of fused-ring (bicyclic) bond motifs is 1. The van der Waals surface area contributed by atoms with Crippen molar-refractivity contribution in [2.75, 3.05) is 0 Å². The number of hydrogen-bond donors (Lipinski definition) is 0. The Morgan fingerprint density at radius 3 is 2.62 bits per heavy atom. The monoisotopic (exact) mass is 275 g/mol. The molecule has 0 fully saturated rings. The molecule has 3 rings (SSSR count). The van der Waals surface area contributed by atoms with E-state index < -0.39 is 0 Å². The van der Waals surface area contributed by atoms with E-state index in [0.29, 0.717) is 0 Å². The van der Waals surface area contributed by atoms with Crippen LogP contribution in [0.5, 0.6) is 0 Å². The molecule has 2 heteroatoms. The lowest BCUT2D eigenvalue weighted by molar-refractivity contribution is 0.696. The van der Waals surface area contributed by atoms with Gasteiger partial charge >= 0.3 is 0 Å². The minimum Gasteiger partial charge on any atom is -0.343 e. The van der Waals surface area contributed by atoms with Gasteiger partial charge in [0.15, 0.2) is 5.43 Å². The van der Waals surface area contributed by atoms with Crippen LogP contribution in [0, 0.1) is 6.92 Å². The molecule has 1 unspecified atom stereocenters. The summed E-state index contributed by atoms with van der Waals surface area (Å²) in [7, 11) is 0. The molecule has 1 atom stereocenters. The van der Waals surface area contributed by atoms with Gasteiger partial charge in [0.1, 0.15) is 0 Å². The fraction of sp³-hybridized carbons (Fsp3) is 0.105. The summed E-state index contributed by atoms with van der Waals surface area (Å²) in [5, 5.41) is 0. The van der Waals surface area contributed by atoms with E-state index in [2.05, 4.69) is 18.7 Å². The van der Waals surface area contributed by atoms with E-state index in [-0.39, 0.29) is 11.5 Å². The van der Waals surface area contributed by atoms with Crippen LogP contribution in [0.2, 0.25) is 0 Å². The summed E-state index contributed by atoms with van der Waals surface area (Å²) in [6.45, 7) is 5.87. The van der Waals surface area contributed by atoms with Gasteiger partial charge in [0.25, 0.3) is 0 Å². The van der Waals surface area contributed by atoms with Crippen molar-refractivity contribution in [3.05, 3.63) is 94.9 Å². The van der Waals surface area contributed by atoms with Crippen LogP contribution in [0.15, 0.2) is 78.4 Å². The molecule has 0 saturated heterocycles. The van der Waals surface area contributed by atoms with Gasteiger partial charge in [-0.2, -0.15) is 0 Å². The highest BCUT2D eigenvalue weighted by Crippen LogP contribution is 2.24. The van der Waals surface area contributed by atoms with Crippen LogP contribution in [-0.4, -0.2) is 4.57 Å². The summed E-state index contributed by atoms with van der Waals surface area (Å²) in [5.41, 5.74) is 3.93. The molecule has 21 heavy (non-hydrogen) atoms. The highest BCUT2D eigenvalue weighted by molar-refractivity contribution is 5.64. The Hall–Kier alpha value is -2.61. The Balaban J connectivity index is 2.15. The van der Waals surface area contributed by atoms with Crippen molar-refractivity contribution in [3.63, 3.8) is 0 Å². The molecule has 1 heterocycles. The predicted octanol–water partition coefficient (Wildman–Crippen LogP) is 4.04. The van der Waals surface area contributed by atoms with Gasteiger partial charge in [-0.15, -0.1) is 6.58 Å². The maximum Gasteiger partial charge on any atom is 0.188 e. The molecule has 1 aliphatic heterocycles. The Bertz CT molecular complexity index is 801. The second kappa shape index (κ2) is 5.41. The topological polar surface area (TPSA) is 22.0 Å². The summed E-state index contributed by atoms with van der Waals surface area (Å²) in [6.07, 6.45) is 5.80. The van der Waals surface area contributed by atoms with Crippen LogP contribution in [-0.2, 0) is 0 Å². The molecule has 1 aliphatic carbocycles. The second-order valence-electron chi connectivity index (χ2n) is 5.25. The molecular weight excluding hydrogens is 258 g/mol. The van der Waals surface area contributed by atoms with Crippen LogP contribution in [0.1, 0.15) is 17.2 Å². The van der Waals surface area contributed by atoms with Gasteiger partial charge in [-0.05, 0) is 35.7 Å². The van der Waals surface area contributed by atoms with Gasteiger partial charge in [0.05, 0.1) is 6.04 Å². The highest BCUT2D eigenvalue weighted by atomic mass is 16.1. The number of pyridine rings is 1. The third-order valence-electron chi connectivity index (χ3n) is 3.71. The number of rotatable bonds is 3. The number of nitrogens with zero attached hydrogens (tertiary/aromatic N) is 1. The van der Waals surface area contributed by atoms with E-state index in [9.17, 15) is 4.79 Å². The first kappa shape index (κ1) is 13.4. The van der Waals surface area contributed by atoms with Crippen molar-refractivity contribution in [3.8, 4) is 11.1 Å². The molecule has 1 aromatic carbocycles. The fourth-order valence-corrected chi connectivity index (χ4v) is 2.68. The van der Waals surface area contributed by atoms with E-state index >= 15 is 0 Å². The van der Waals surface area contributed by atoms with Crippen molar-refractivity contribution < 1.29 is 0 Å². The Kier molecular flexibility index (Phi) is 3.44. The average Bonchev–Trinajstić information content (AvgIpc) is 2.49. The van der Waals surface area contributed by atoms with Gasteiger partial charge in [-0.1, -0.05) is 42.5 Å². The average molecular weight is 275 g/mol. The van der Waals surface area contributed by atoms with E-state index in [1.54, 1.807) is 6.07 Å². The normalized spacial score (nSPS) is 12.2. The first-order valence-electron chi connectivity index (χ1n) is 6.99. The molecule has 2 aliphatic rings. The lowest BCUT2D eigenvalue weighted by atomic mass is 10.0. The van der Waals surface area contributed by atoms with Crippen molar-refractivity contribution in [2.45, 2.75) is 13.0 Å². The zero-order valence-corrected chi connectivity index (χ0v) is 12.0. The quantitative estimate of drug-likeness (QED) is 0.661. The summed E-state index contributed by atoms with van der Waals surface area (Å²) < 4.78 is 2.03. The van der Waals surface area contributed by atoms with Crippen LogP contribution in [0.4, 0.5) is 0 Å². The fourth-order valence-electron chi connectivity index (χ4n) is 2.68. The smallest absolute Gasteiger partial charge is 0.188 e. The van der Waals surface area contributed by atoms with Gasteiger partial charge in [-0.25, -0.2) is 0 Å². The Labute approximate surface area is 124 Å². The molecule has 0 amide bonds. The predicted molar refractivity (Wildman–Crippen MR) is 86.8 cm³/mol. The van der Waals surface area contributed by atoms with E-state index in [4.69, 9.17) is 0 Å². The molecule has 0 spiro atoms. The van der Waals surface area contributed by atoms with E-state index in [1.165, 1.54) is 0 Å². The molecule has 0 saturated carbocycles. The van der Waals surface area contributed by atoms with Gasteiger partial charge in [-0.3, -0.25) is 4.79 Å². The molecule has 1 aromatic rings. The molecule has 104 valence electrons. The zero-order valence-electron chi connectivity index (χ0n) is 12.0. The lowest BCUT2D eigenvalue weighted by Crippen LogP contribution is -2.12. The Morgan fingerprint density at radius 2 is 1.90 bits per heavy atom. The number of hydrogen-bond acceptors (Lipinski definition) is 1. The molecule has 0 radical (unpaired) electrons. The minimum absolute atomic E-state index is 0.0244. The maximum atomic E-state index is 12.2. The third-order valence-corrected chi connectivity index (χ3v) is 3.71. The number of allylic oxidation sites excluding steroid dienone is 1. The second-order valence-corrected chi connectivity index (χ2v) is 5.25. The number of aromatic nitrogens is 1. The Morgan fingerprint density at radius 1 is 1.14 bits per heavy atom. The first-order valence-corrected chi connectivity index (χ1v) is 6.99. The summed E-state index contributed by atoms with van der Waals surface area (Å²) in [6, 6.07) is 15.9. The van der Waals surface area contributed by atoms with Crippen molar-refractivity contribution in [1.82, 2.24) is 4.57 Å². The number of benzene rings is 2. The third kappa shape index (κ3) is 2.52.